The SMILES string of the molecule is O=[N+]([O-])c1ccc(-c2ccc(C=NNS(=O)(=O)c3ccccc3)o2)cc1. The Labute approximate surface area is 149 Å². The third kappa shape index (κ3) is 3.95. The van der Waals surface area contributed by atoms with E-state index in [-0.39, 0.29) is 10.6 Å². The van der Waals surface area contributed by atoms with Crippen molar-refractivity contribution in [3.63, 3.8) is 0 Å². The van der Waals surface area contributed by atoms with Crippen molar-refractivity contribution in [2.24, 2.45) is 5.10 Å². The van der Waals surface area contributed by atoms with E-state index >= 15 is 0 Å². The summed E-state index contributed by atoms with van der Waals surface area (Å²) in [7, 11) is -3.74. The van der Waals surface area contributed by atoms with Crippen molar-refractivity contribution in [1.82, 2.24) is 4.83 Å². The van der Waals surface area contributed by atoms with Crippen molar-refractivity contribution in [1.29, 1.82) is 0 Å². The third-order valence-corrected chi connectivity index (χ3v) is 4.65. The number of nitrogens with one attached hydrogen (secondary N) is 1. The van der Waals surface area contributed by atoms with Gasteiger partial charge in [-0.1, -0.05) is 18.2 Å². The van der Waals surface area contributed by atoms with Gasteiger partial charge in [0.1, 0.15) is 11.5 Å². The summed E-state index contributed by atoms with van der Waals surface area (Å²) < 4.78 is 29.6. The fourth-order valence-corrected chi connectivity index (χ4v) is 2.95. The Morgan fingerprint density at radius 2 is 1.69 bits per heavy atom. The molecule has 2 aromatic carbocycles. The molecular weight excluding hydrogens is 358 g/mol. The minimum absolute atomic E-state index is 0.0163. The Morgan fingerprint density at radius 3 is 2.35 bits per heavy atom. The summed E-state index contributed by atoms with van der Waals surface area (Å²) in [6, 6.07) is 17.0. The van der Waals surface area contributed by atoms with Crippen LogP contribution in [-0.4, -0.2) is 19.6 Å². The Balaban J connectivity index is 1.70. The lowest BCUT2D eigenvalue weighted by Gasteiger charge is -2.01. The fraction of sp³-hybridized carbons (Fsp3) is 0. The van der Waals surface area contributed by atoms with E-state index in [9.17, 15) is 18.5 Å². The second-order valence-corrected chi connectivity index (χ2v) is 6.83. The van der Waals surface area contributed by atoms with Crippen LogP contribution in [0.5, 0.6) is 0 Å². The molecule has 0 aliphatic carbocycles. The Hall–Kier alpha value is -3.46. The van der Waals surface area contributed by atoms with Crippen molar-refractivity contribution >= 4 is 21.9 Å². The standard InChI is InChI=1S/C17H13N3O5S/c21-20(22)14-8-6-13(7-9-14)17-11-10-15(25-17)12-18-19-26(23,24)16-4-2-1-3-5-16/h1-12,19H. The molecule has 0 aliphatic heterocycles. The van der Waals surface area contributed by atoms with Crippen LogP contribution in [0.2, 0.25) is 0 Å². The first-order valence-electron chi connectivity index (χ1n) is 7.40. The summed E-state index contributed by atoms with van der Waals surface area (Å²) in [4.78, 5) is 12.4. The average molecular weight is 371 g/mol. The van der Waals surface area contributed by atoms with Crippen LogP contribution < -0.4 is 4.83 Å². The molecule has 0 atom stereocenters. The van der Waals surface area contributed by atoms with Crippen LogP contribution >= 0.6 is 0 Å². The minimum atomic E-state index is -3.74. The second kappa shape index (κ2) is 7.19. The van der Waals surface area contributed by atoms with Gasteiger partial charge in [-0.05, 0) is 36.4 Å². The molecule has 0 bridgehead atoms. The molecule has 1 N–H and O–H groups in total. The van der Waals surface area contributed by atoms with Crippen molar-refractivity contribution in [3.8, 4) is 11.3 Å². The van der Waals surface area contributed by atoms with Gasteiger partial charge in [0.25, 0.3) is 15.7 Å². The molecular formula is C17H13N3O5S. The monoisotopic (exact) mass is 371 g/mol. The lowest BCUT2D eigenvalue weighted by molar-refractivity contribution is -0.384. The van der Waals surface area contributed by atoms with Gasteiger partial charge in [0, 0.05) is 17.7 Å². The molecule has 0 aliphatic rings. The maximum atomic E-state index is 12.0. The maximum Gasteiger partial charge on any atom is 0.276 e. The molecule has 8 nitrogen and oxygen atoms in total. The maximum absolute atomic E-state index is 12.0. The lowest BCUT2D eigenvalue weighted by atomic mass is 10.1. The van der Waals surface area contributed by atoms with Crippen LogP contribution in [0, 0.1) is 10.1 Å². The number of nitro benzene ring substituents is 1. The van der Waals surface area contributed by atoms with E-state index in [2.05, 4.69) is 9.93 Å². The van der Waals surface area contributed by atoms with E-state index in [1.54, 1.807) is 42.5 Å². The summed E-state index contributed by atoms with van der Waals surface area (Å²) in [5, 5.41) is 14.4. The predicted octanol–water partition coefficient (Wildman–Crippen LogP) is 3.17. The number of hydrogen-bond donors (Lipinski definition) is 1. The highest BCUT2D eigenvalue weighted by Gasteiger charge is 2.11. The largest absolute Gasteiger partial charge is 0.455 e. The van der Waals surface area contributed by atoms with Crippen LogP contribution in [0.15, 0.2) is 81.1 Å². The van der Waals surface area contributed by atoms with Crippen LogP contribution in [0.1, 0.15) is 5.76 Å². The number of nitrogens with zero attached hydrogens (tertiary/aromatic N) is 2. The van der Waals surface area contributed by atoms with Crippen LogP contribution in [-0.2, 0) is 10.0 Å². The number of hydrazone groups is 1. The molecule has 0 spiro atoms. The molecule has 0 amide bonds. The minimum Gasteiger partial charge on any atom is -0.455 e. The number of rotatable bonds is 6. The Kier molecular flexibility index (Phi) is 4.81. The van der Waals surface area contributed by atoms with Gasteiger partial charge in [0.15, 0.2) is 0 Å². The molecule has 1 aromatic heterocycles. The number of benzene rings is 2. The molecule has 1 heterocycles. The lowest BCUT2D eigenvalue weighted by Crippen LogP contribution is -2.18. The number of hydrogen-bond acceptors (Lipinski definition) is 6. The third-order valence-electron chi connectivity index (χ3n) is 3.41. The van der Waals surface area contributed by atoms with E-state index in [0.29, 0.717) is 17.1 Å². The summed E-state index contributed by atoms with van der Waals surface area (Å²) in [6.45, 7) is 0. The quantitative estimate of drug-likeness (QED) is 0.406. The zero-order valence-electron chi connectivity index (χ0n) is 13.3. The molecule has 9 heteroatoms. The number of furan rings is 1. The molecule has 132 valence electrons. The average Bonchev–Trinajstić information content (AvgIpc) is 3.11. The second-order valence-electron chi connectivity index (χ2n) is 5.17. The van der Waals surface area contributed by atoms with Crippen LogP contribution in [0.25, 0.3) is 11.3 Å². The molecule has 0 unspecified atom stereocenters. The highest BCUT2D eigenvalue weighted by molar-refractivity contribution is 7.89. The molecule has 0 radical (unpaired) electrons. The molecule has 3 aromatic rings. The summed E-state index contributed by atoms with van der Waals surface area (Å²) in [6.07, 6.45) is 1.23. The molecule has 0 fully saturated rings. The van der Waals surface area contributed by atoms with E-state index in [0.717, 1.165) is 0 Å². The molecule has 26 heavy (non-hydrogen) atoms. The number of nitro groups is 1. The summed E-state index contributed by atoms with van der Waals surface area (Å²) in [5.74, 6) is 0.807. The van der Waals surface area contributed by atoms with Gasteiger partial charge < -0.3 is 4.42 Å². The Bertz CT molecular complexity index is 1040. The first-order valence-corrected chi connectivity index (χ1v) is 8.88. The first kappa shape index (κ1) is 17.4. The van der Waals surface area contributed by atoms with E-state index in [4.69, 9.17) is 4.42 Å². The van der Waals surface area contributed by atoms with E-state index < -0.39 is 14.9 Å². The highest BCUT2D eigenvalue weighted by atomic mass is 32.2. The van der Waals surface area contributed by atoms with Gasteiger partial charge in [0.2, 0.25) is 0 Å². The smallest absolute Gasteiger partial charge is 0.276 e. The van der Waals surface area contributed by atoms with Gasteiger partial charge >= 0.3 is 0 Å². The summed E-state index contributed by atoms with van der Waals surface area (Å²) >= 11 is 0. The van der Waals surface area contributed by atoms with Gasteiger partial charge in [-0.15, -0.1) is 0 Å². The van der Waals surface area contributed by atoms with Crippen molar-refractivity contribution in [3.05, 3.63) is 82.6 Å². The summed E-state index contributed by atoms with van der Waals surface area (Å²) in [5.41, 5.74) is 0.637. The van der Waals surface area contributed by atoms with E-state index in [1.807, 2.05) is 0 Å². The molecule has 3 rings (SSSR count). The Morgan fingerprint density at radius 1 is 1.00 bits per heavy atom. The fourth-order valence-electron chi connectivity index (χ4n) is 2.14. The highest BCUT2D eigenvalue weighted by Crippen LogP contribution is 2.24. The van der Waals surface area contributed by atoms with Gasteiger partial charge in [-0.25, -0.2) is 0 Å². The van der Waals surface area contributed by atoms with Gasteiger partial charge in [0.05, 0.1) is 16.0 Å². The predicted molar refractivity (Wildman–Crippen MR) is 95.2 cm³/mol. The topological polar surface area (TPSA) is 115 Å². The zero-order valence-corrected chi connectivity index (χ0v) is 14.1. The molecule has 0 saturated carbocycles. The normalized spacial score (nSPS) is 11.5. The van der Waals surface area contributed by atoms with Gasteiger partial charge in [-0.3, -0.25) is 10.1 Å². The van der Waals surface area contributed by atoms with Gasteiger partial charge in [-0.2, -0.15) is 18.4 Å². The number of non-ortho nitro benzene ring substituents is 1. The van der Waals surface area contributed by atoms with Crippen molar-refractivity contribution in [2.45, 2.75) is 4.90 Å². The van der Waals surface area contributed by atoms with Crippen LogP contribution in [0.4, 0.5) is 5.69 Å². The first-order chi connectivity index (χ1) is 12.5. The zero-order chi connectivity index (χ0) is 18.6. The van der Waals surface area contributed by atoms with Crippen molar-refractivity contribution < 1.29 is 17.8 Å². The van der Waals surface area contributed by atoms with Crippen LogP contribution in [0.3, 0.4) is 0 Å². The van der Waals surface area contributed by atoms with E-state index in [1.165, 1.54) is 30.5 Å². The van der Waals surface area contributed by atoms with Crippen molar-refractivity contribution in [2.75, 3.05) is 0 Å². The molecule has 0 saturated heterocycles. The number of sulfonamides is 1.